The van der Waals surface area contributed by atoms with Crippen molar-refractivity contribution >= 4 is 21.9 Å². The first kappa shape index (κ1) is 9.21. The Morgan fingerprint density at radius 3 is 2.86 bits per heavy atom. The lowest BCUT2D eigenvalue weighted by Gasteiger charge is -1.94. The summed E-state index contributed by atoms with van der Waals surface area (Å²) in [5.41, 5.74) is 0.897. The zero-order chi connectivity index (χ0) is 9.97. The average molecular weight is 254 g/mol. The average Bonchev–Trinajstić information content (AvgIpc) is 2.66. The lowest BCUT2D eigenvalue weighted by molar-refractivity contribution is 0.585. The van der Waals surface area contributed by atoms with Crippen LogP contribution in [0, 0.1) is 0 Å². The molecule has 0 radical (unpaired) electrons. The summed E-state index contributed by atoms with van der Waals surface area (Å²) in [6.45, 7) is 0. The molecule has 0 saturated carbocycles. The maximum Gasteiger partial charge on any atom is 0.315 e. The molecule has 0 amide bonds. The minimum absolute atomic E-state index is 0.417. The Bertz CT molecular complexity index is 441. The van der Waals surface area contributed by atoms with Gasteiger partial charge in [-0.25, -0.2) is 0 Å². The molecule has 0 saturated heterocycles. The summed E-state index contributed by atoms with van der Waals surface area (Å²) in [7, 11) is 1.73. The van der Waals surface area contributed by atoms with Crippen LogP contribution < -0.4 is 5.32 Å². The topological polar surface area (TPSA) is 51.0 Å². The smallest absolute Gasteiger partial charge is 0.315 e. The van der Waals surface area contributed by atoms with Crippen LogP contribution >= 0.6 is 15.9 Å². The maximum absolute atomic E-state index is 5.32. The molecule has 14 heavy (non-hydrogen) atoms. The van der Waals surface area contributed by atoms with Gasteiger partial charge in [-0.2, -0.15) is 0 Å². The van der Waals surface area contributed by atoms with Gasteiger partial charge in [-0.15, -0.1) is 5.10 Å². The molecule has 0 atom stereocenters. The molecule has 1 aromatic carbocycles. The zero-order valence-corrected chi connectivity index (χ0v) is 9.08. The van der Waals surface area contributed by atoms with E-state index in [2.05, 4.69) is 31.4 Å². The molecule has 2 aromatic rings. The molecule has 72 valence electrons. The summed E-state index contributed by atoms with van der Waals surface area (Å²) in [5, 5.41) is 10.5. The van der Waals surface area contributed by atoms with Crippen molar-refractivity contribution in [1.29, 1.82) is 0 Å². The molecule has 5 heteroatoms. The van der Waals surface area contributed by atoms with Crippen molar-refractivity contribution in [2.45, 2.75) is 0 Å². The molecule has 1 aromatic heterocycles. The number of aromatic nitrogens is 2. The zero-order valence-electron chi connectivity index (χ0n) is 7.49. The molecule has 0 aliphatic carbocycles. The van der Waals surface area contributed by atoms with E-state index in [-0.39, 0.29) is 0 Å². The fourth-order valence-electron chi connectivity index (χ4n) is 1.06. The second-order valence-corrected chi connectivity index (χ2v) is 3.59. The van der Waals surface area contributed by atoms with E-state index in [1.165, 1.54) is 0 Å². The van der Waals surface area contributed by atoms with Crippen molar-refractivity contribution in [3.8, 4) is 11.5 Å². The number of anilines is 1. The van der Waals surface area contributed by atoms with Gasteiger partial charge in [0.2, 0.25) is 5.89 Å². The predicted octanol–water partition coefficient (Wildman–Crippen LogP) is 2.54. The quantitative estimate of drug-likeness (QED) is 0.894. The second kappa shape index (κ2) is 3.79. The molecule has 0 aliphatic rings. The summed E-state index contributed by atoms with van der Waals surface area (Å²) in [6.07, 6.45) is 0. The highest BCUT2D eigenvalue weighted by Crippen LogP contribution is 2.22. The lowest BCUT2D eigenvalue weighted by Crippen LogP contribution is -1.85. The highest BCUT2D eigenvalue weighted by molar-refractivity contribution is 9.10. The standard InChI is InChI=1S/C9H8BrN3O/c1-11-9-13-12-8(14-9)6-3-2-4-7(10)5-6/h2-5H,1H3,(H,11,13). The Kier molecular flexibility index (Phi) is 2.49. The molecular formula is C9H8BrN3O. The van der Waals surface area contributed by atoms with Gasteiger partial charge in [-0.3, -0.25) is 0 Å². The van der Waals surface area contributed by atoms with Crippen LogP contribution in [0.5, 0.6) is 0 Å². The van der Waals surface area contributed by atoms with Gasteiger partial charge in [0.15, 0.2) is 0 Å². The summed E-state index contributed by atoms with van der Waals surface area (Å²) in [4.78, 5) is 0. The number of halogens is 1. The van der Waals surface area contributed by atoms with E-state index >= 15 is 0 Å². The Morgan fingerprint density at radius 2 is 2.21 bits per heavy atom. The largest absolute Gasteiger partial charge is 0.403 e. The Balaban J connectivity index is 2.39. The van der Waals surface area contributed by atoms with E-state index in [0.717, 1.165) is 10.0 Å². The predicted molar refractivity (Wildman–Crippen MR) is 57.0 cm³/mol. The Morgan fingerprint density at radius 1 is 1.36 bits per heavy atom. The van der Waals surface area contributed by atoms with Crippen LogP contribution in [0.2, 0.25) is 0 Å². The molecule has 0 bridgehead atoms. The van der Waals surface area contributed by atoms with Gasteiger partial charge in [-0.05, 0) is 18.2 Å². The molecule has 0 aliphatic heterocycles. The third kappa shape index (κ3) is 1.77. The normalized spacial score (nSPS) is 10.1. The van der Waals surface area contributed by atoms with Crippen LogP contribution in [-0.2, 0) is 0 Å². The van der Waals surface area contributed by atoms with Gasteiger partial charge in [-0.1, -0.05) is 27.1 Å². The molecule has 0 fully saturated rings. The number of rotatable bonds is 2. The first-order valence-electron chi connectivity index (χ1n) is 4.07. The maximum atomic E-state index is 5.32. The van der Waals surface area contributed by atoms with Crippen molar-refractivity contribution in [3.05, 3.63) is 28.7 Å². The first-order chi connectivity index (χ1) is 6.79. The highest BCUT2D eigenvalue weighted by Gasteiger charge is 2.06. The van der Waals surface area contributed by atoms with Crippen molar-refractivity contribution in [1.82, 2.24) is 10.2 Å². The lowest BCUT2D eigenvalue weighted by atomic mass is 10.2. The Labute approximate surface area is 89.5 Å². The van der Waals surface area contributed by atoms with Crippen molar-refractivity contribution in [2.75, 3.05) is 12.4 Å². The number of hydrogen-bond donors (Lipinski definition) is 1. The number of nitrogens with one attached hydrogen (secondary N) is 1. The number of hydrogen-bond acceptors (Lipinski definition) is 4. The van der Waals surface area contributed by atoms with E-state index in [0.29, 0.717) is 11.9 Å². The summed E-state index contributed by atoms with van der Waals surface area (Å²) in [5.74, 6) is 0.510. The van der Waals surface area contributed by atoms with Gasteiger partial charge in [0.25, 0.3) is 0 Å². The van der Waals surface area contributed by atoms with Crippen LogP contribution in [0.25, 0.3) is 11.5 Å². The number of nitrogens with zero attached hydrogens (tertiary/aromatic N) is 2. The fraction of sp³-hybridized carbons (Fsp3) is 0.111. The molecule has 2 rings (SSSR count). The van der Waals surface area contributed by atoms with Gasteiger partial charge in [0.05, 0.1) is 0 Å². The van der Waals surface area contributed by atoms with Crippen LogP contribution in [-0.4, -0.2) is 17.2 Å². The third-order valence-corrected chi connectivity index (χ3v) is 2.20. The fourth-order valence-corrected chi connectivity index (χ4v) is 1.46. The molecule has 1 N–H and O–H groups in total. The molecule has 1 heterocycles. The third-order valence-electron chi connectivity index (χ3n) is 1.71. The molecule has 0 spiro atoms. The van der Waals surface area contributed by atoms with E-state index < -0.39 is 0 Å². The van der Waals surface area contributed by atoms with Crippen LogP contribution in [0.1, 0.15) is 0 Å². The van der Waals surface area contributed by atoms with E-state index in [9.17, 15) is 0 Å². The van der Waals surface area contributed by atoms with E-state index in [4.69, 9.17) is 4.42 Å². The van der Waals surface area contributed by atoms with Crippen LogP contribution in [0.4, 0.5) is 6.01 Å². The van der Waals surface area contributed by atoms with Gasteiger partial charge in [0.1, 0.15) is 0 Å². The molecular weight excluding hydrogens is 246 g/mol. The van der Waals surface area contributed by atoms with Gasteiger partial charge < -0.3 is 9.73 Å². The van der Waals surface area contributed by atoms with E-state index in [1.807, 2.05) is 24.3 Å². The first-order valence-corrected chi connectivity index (χ1v) is 4.86. The Hall–Kier alpha value is -1.36. The SMILES string of the molecule is CNc1nnc(-c2cccc(Br)c2)o1. The monoisotopic (exact) mass is 253 g/mol. The van der Waals surface area contributed by atoms with Crippen LogP contribution in [0.3, 0.4) is 0 Å². The van der Waals surface area contributed by atoms with Crippen LogP contribution in [0.15, 0.2) is 33.2 Å². The van der Waals surface area contributed by atoms with Crippen molar-refractivity contribution in [3.63, 3.8) is 0 Å². The van der Waals surface area contributed by atoms with E-state index in [1.54, 1.807) is 7.05 Å². The number of benzene rings is 1. The minimum atomic E-state index is 0.417. The highest BCUT2D eigenvalue weighted by atomic mass is 79.9. The second-order valence-electron chi connectivity index (χ2n) is 2.67. The van der Waals surface area contributed by atoms with Crippen molar-refractivity contribution in [2.24, 2.45) is 0 Å². The summed E-state index contributed by atoms with van der Waals surface area (Å²) >= 11 is 3.38. The molecule has 4 nitrogen and oxygen atoms in total. The molecule has 0 unspecified atom stereocenters. The van der Waals surface area contributed by atoms with Gasteiger partial charge >= 0.3 is 6.01 Å². The minimum Gasteiger partial charge on any atom is -0.403 e. The van der Waals surface area contributed by atoms with Gasteiger partial charge in [0, 0.05) is 17.1 Å². The summed E-state index contributed by atoms with van der Waals surface area (Å²) in [6, 6.07) is 8.12. The van der Waals surface area contributed by atoms with Crippen molar-refractivity contribution < 1.29 is 4.42 Å². The summed E-state index contributed by atoms with van der Waals surface area (Å²) < 4.78 is 6.31.